The number of aromatic hydroxyl groups is 2. The van der Waals surface area contributed by atoms with E-state index >= 15 is 0 Å². The van der Waals surface area contributed by atoms with E-state index in [0.29, 0.717) is 13.0 Å². The largest absolute Gasteiger partial charge is 0.504 e. The molecule has 4 N–H and O–H groups in total. The van der Waals surface area contributed by atoms with Crippen LogP contribution in [0.15, 0.2) is 18.2 Å². The third-order valence-corrected chi connectivity index (χ3v) is 1.47. The Kier molecular flexibility index (Phi) is 4.70. The number of hydrogen-bond acceptors (Lipinski definition) is 3. The van der Waals surface area contributed by atoms with Gasteiger partial charge in [-0.15, -0.1) is 17.0 Å². The van der Waals surface area contributed by atoms with E-state index < -0.39 is 0 Å². The smallest absolute Gasteiger partial charge is 0.157 e. The summed E-state index contributed by atoms with van der Waals surface area (Å²) in [5.74, 6) is -0.179. The minimum atomic E-state index is -0.0919. The number of phenols is 2. The third-order valence-electron chi connectivity index (χ3n) is 1.47. The molecule has 0 aliphatic carbocycles. The molecular weight excluding hydrogens is 222 g/mol. The van der Waals surface area contributed by atoms with Gasteiger partial charge in [0.15, 0.2) is 11.5 Å². The van der Waals surface area contributed by atoms with Crippen molar-refractivity contribution < 1.29 is 10.2 Å². The Balaban J connectivity index is 0.00000121. The van der Waals surface area contributed by atoms with Gasteiger partial charge in [0.05, 0.1) is 0 Å². The van der Waals surface area contributed by atoms with Gasteiger partial charge in [0, 0.05) is 0 Å². The molecule has 0 saturated heterocycles. The number of rotatable bonds is 2. The van der Waals surface area contributed by atoms with Gasteiger partial charge in [0.2, 0.25) is 0 Å². The maximum absolute atomic E-state index is 9.04. The molecule has 0 heterocycles. The molecule has 0 bridgehead atoms. The predicted octanol–water partition coefficient (Wildman–Crippen LogP) is 1.18. The zero-order valence-corrected chi connectivity index (χ0v) is 8.24. The maximum atomic E-state index is 9.04. The van der Waals surface area contributed by atoms with Crippen LogP contribution in [-0.4, -0.2) is 16.8 Å². The molecule has 12 heavy (non-hydrogen) atoms. The molecule has 0 aliphatic heterocycles. The van der Waals surface area contributed by atoms with Gasteiger partial charge in [-0.1, -0.05) is 6.07 Å². The fourth-order valence-corrected chi connectivity index (χ4v) is 0.891. The van der Waals surface area contributed by atoms with E-state index in [0.717, 1.165) is 5.56 Å². The predicted molar refractivity (Wildman–Crippen MR) is 52.9 cm³/mol. The molecule has 0 fully saturated rings. The molecular formula is C8H12BrNO2. The molecule has 68 valence electrons. The monoisotopic (exact) mass is 233 g/mol. The van der Waals surface area contributed by atoms with Crippen LogP contribution in [0.25, 0.3) is 0 Å². The molecule has 0 spiro atoms. The highest BCUT2D eigenvalue weighted by Crippen LogP contribution is 2.24. The lowest BCUT2D eigenvalue weighted by atomic mass is 10.1. The highest BCUT2D eigenvalue weighted by molar-refractivity contribution is 8.93. The molecule has 1 aromatic carbocycles. The molecule has 0 radical (unpaired) electrons. The van der Waals surface area contributed by atoms with Crippen molar-refractivity contribution in [1.29, 1.82) is 0 Å². The van der Waals surface area contributed by atoms with Gasteiger partial charge in [-0.2, -0.15) is 0 Å². The number of phenolic OH excluding ortho intramolecular Hbond substituents is 2. The van der Waals surface area contributed by atoms with E-state index in [1.165, 1.54) is 12.1 Å². The molecule has 0 unspecified atom stereocenters. The lowest BCUT2D eigenvalue weighted by molar-refractivity contribution is 0.403. The summed E-state index contributed by atoms with van der Waals surface area (Å²) in [5.41, 5.74) is 6.24. The van der Waals surface area contributed by atoms with Crippen LogP contribution in [0.1, 0.15) is 5.56 Å². The number of hydrogen-bond donors (Lipinski definition) is 3. The van der Waals surface area contributed by atoms with E-state index in [1.807, 2.05) is 0 Å². The second kappa shape index (κ2) is 5.00. The quantitative estimate of drug-likeness (QED) is 0.673. The van der Waals surface area contributed by atoms with Crippen molar-refractivity contribution in [2.24, 2.45) is 5.73 Å². The normalized spacial score (nSPS) is 9.08. The van der Waals surface area contributed by atoms with E-state index in [4.69, 9.17) is 15.9 Å². The molecule has 0 aromatic heterocycles. The number of nitrogens with two attached hydrogens (primary N) is 1. The fourth-order valence-electron chi connectivity index (χ4n) is 0.891. The first-order valence-electron chi connectivity index (χ1n) is 3.45. The van der Waals surface area contributed by atoms with Crippen LogP contribution < -0.4 is 5.73 Å². The fraction of sp³-hybridized carbons (Fsp3) is 0.250. The highest BCUT2D eigenvalue weighted by Gasteiger charge is 1.98. The number of halogens is 1. The van der Waals surface area contributed by atoms with Crippen LogP contribution in [0.3, 0.4) is 0 Å². The number of benzene rings is 1. The average Bonchev–Trinajstić information content (AvgIpc) is 1.98. The van der Waals surface area contributed by atoms with E-state index in [1.54, 1.807) is 6.07 Å². The van der Waals surface area contributed by atoms with Gasteiger partial charge in [0.1, 0.15) is 0 Å². The molecule has 3 nitrogen and oxygen atoms in total. The Bertz CT molecular complexity index is 253. The molecule has 0 aliphatic rings. The Morgan fingerprint density at radius 2 is 1.83 bits per heavy atom. The zero-order valence-electron chi connectivity index (χ0n) is 6.53. The van der Waals surface area contributed by atoms with Crippen molar-refractivity contribution in [1.82, 2.24) is 0 Å². The van der Waals surface area contributed by atoms with Crippen molar-refractivity contribution in [3.63, 3.8) is 0 Å². The van der Waals surface area contributed by atoms with Gasteiger partial charge in [0.25, 0.3) is 0 Å². The van der Waals surface area contributed by atoms with Crippen LogP contribution in [0.2, 0.25) is 0 Å². The summed E-state index contributed by atoms with van der Waals surface area (Å²) in [7, 11) is 0. The lowest BCUT2D eigenvalue weighted by Gasteiger charge is -2.00. The van der Waals surface area contributed by atoms with Gasteiger partial charge in [-0.25, -0.2) is 0 Å². The third kappa shape index (κ3) is 2.71. The average molecular weight is 234 g/mol. The van der Waals surface area contributed by atoms with E-state index in [2.05, 4.69) is 0 Å². The van der Waals surface area contributed by atoms with Crippen molar-refractivity contribution in [3.05, 3.63) is 23.8 Å². The van der Waals surface area contributed by atoms with Gasteiger partial charge < -0.3 is 15.9 Å². The Labute approximate surface area is 81.6 Å². The topological polar surface area (TPSA) is 66.5 Å². The molecule has 4 heteroatoms. The van der Waals surface area contributed by atoms with E-state index in [-0.39, 0.29) is 28.5 Å². The Morgan fingerprint density at radius 1 is 1.17 bits per heavy atom. The second-order valence-corrected chi connectivity index (χ2v) is 2.36. The molecule has 0 amide bonds. The van der Waals surface area contributed by atoms with Crippen LogP contribution in [0.5, 0.6) is 11.5 Å². The summed E-state index contributed by atoms with van der Waals surface area (Å²) >= 11 is 0. The van der Waals surface area contributed by atoms with E-state index in [9.17, 15) is 0 Å². The SMILES string of the molecule is Br.NCCc1ccc(O)c(O)c1. The first kappa shape index (κ1) is 11.3. The zero-order chi connectivity index (χ0) is 8.27. The standard InChI is InChI=1S/C8H11NO2.BrH/c9-4-3-6-1-2-7(10)8(11)5-6;/h1-2,5,10-11H,3-4,9H2;1H. The summed E-state index contributed by atoms with van der Waals surface area (Å²) in [5, 5.41) is 18.0. The van der Waals surface area contributed by atoms with Gasteiger partial charge in [-0.05, 0) is 30.7 Å². The summed E-state index contributed by atoms with van der Waals surface area (Å²) in [4.78, 5) is 0. The summed E-state index contributed by atoms with van der Waals surface area (Å²) in [6, 6.07) is 4.71. The first-order chi connectivity index (χ1) is 5.24. The van der Waals surface area contributed by atoms with Crippen LogP contribution in [-0.2, 0) is 6.42 Å². The summed E-state index contributed by atoms with van der Waals surface area (Å²) in [6.45, 7) is 0.546. The maximum Gasteiger partial charge on any atom is 0.157 e. The van der Waals surface area contributed by atoms with Crippen LogP contribution >= 0.6 is 17.0 Å². The molecule has 0 atom stereocenters. The van der Waals surface area contributed by atoms with Crippen LogP contribution in [0, 0.1) is 0 Å². The minimum absolute atomic E-state index is 0. The molecule has 0 saturated carbocycles. The Hall–Kier alpha value is -0.740. The Morgan fingerprint density at radius 3 is 2.33 bits per heavy atom. The second-order valence-electron chi connectivity index (χ2n) is 2.36. The van der Waals surface area contributed by atoms with Crippen LogP contribution in [0.4, 0.5) is 0 Å². The van der Waals surface area contributed by atoms with Crippen molar-refractivity contribution >= 4 is 17.0 Å². The highest BCUT2D eigenvalue weighted by atomic mass is 79.9. The lowest BCUT2D eigenvalue weighted by Crippen LogP contribution is -2.02. The molecule has 1 rings (SSSR count). The van der Waals surface area contributed by atoms with Gasteiger partial charge in [-0.3, -0.25) is 0 Å². The van der Waals surface area contributed by atoms with Crippen molar-refractivity contribution in [2.75, 3.05) is 6.54 Å². The van der Waals surface area contributed by atoms with Gasteiger partial charge >= 0.3 is 0 Å². The van der Waals surface area contributed by atoms with Crippen molar-refractivity contribution in [3.8, 4) is 11.5 Å². The molecule has 1 aromatic rings. The minimum Gasteiger partial charge on any atom is -0.504 e. The van der Waals surface area contributed by atoms with Crippen molar-refractivity contribution in [2.45, 2.75) is 6.42 Å². The summed E-state index contributed by atoms with van der Waals surface area (Å²) in [6.07, 6.45) is 0.716. The first-order valence-corrected chi connectivity index (χ1v) is 3.45. The summed E-state index contributed by atoms with van der Waals surface area (Å²) < 4.78 is 0.